The molecule has 1 aliphatic heterocycles. The number of aromatic nitrogens is 2. The molecule has 0 radical (unpaired) electrons. The number of carbonyl (C=O) groups excluding carboxylic acids is 1. The Hall–Kier alpha value is -2.22. The molecule has 0 spiro atoms. The molecular formula is C18H23ClN4O3. The van der Waals surface area contributed by atoms with Gasteiger partial charge in [-0.05, 0) is 0 Å². The largest absolute Gasteiger partial charge is 0.375 e. The maximum atomic E-state index is 12.6. The summed E-state index contributed by atoms with van der Waals surface area (Å²) in [6.45, 7) is 6.53. The van der Waals surface area contributed by atoms with E-state index in [0.29, 0.717) is 37.8 Å². The van der Waals surface area contributed by atoms with Gasteiger partial charge in [-0.15, -0.1) is 19.0 Å². The fraction of sp³-hybridized carbons (Fsp3) is 0.389. The minimum absolute atomic E-state index is 0. The molecule has 1 aromatic heterocycles. The van der Waals surface area contributed by atoms with Crippen LogP contribution in [0, 0.1) is 0 Å². The molecule has 26 heavy (non-hydrogen) atoms. The van der Waals surface area contributed by atoms with Gasteiger partial charge in [-0.2, -0.15) is 4.98 Å². The summed E-state index contributed by atoms with van der Waals surface area (Å²) in [6.07, 6.45) is 1.91. The third-order valence-electron chi connectivity index (χ3n) is 3.94. The fourth-order valence-corrected chi connectivity index (χ4v) is 2.67. The van der Waals surface area contributed by atoms with Gasteiger partial charge < -0.3 is 19.5 Å². The quantitative estimate of drug-likeness (QED) is 0.743. The van der Waals surface area contributed by atoms with Crippen LogP contribution < -0.4 is 5.32 Å². The highest BCUT2D eigenvalue weighted by Gasteiger charge is 2.22. The molecule has 1 unspecified atom stereocenters. The third-order valence-corrected chi connectivity index (χ3v) is 3.94. The highest BCUT2D eigenvalue weighted by atomic mass is 35.5. The van der Waals surface area contributed by atoms with Crippen LogP contribution in [0.4, 0.5) is 0 Å². The lowest BCUT2D eigenvalue weighted by molar-refractivity contribution is -0.135. The molecule has 1 aliphatic rings. The topological polar surface area (TPSA) is 80.5 Å². The van der Waals surface area contributed by atoms with Crippen molar-refractivity contribution in [2.75, 3.05) is 26.2 Å². The molecule has 0 bridgehead atoms. The van der Waals surface area contributed by atoms with Gasteiger partial charge in [0.25, 0.3) is 0 Å². The number of rotatable bonds is 7. The van der Waals surface area contributed by atoms with Gasteiger partial charge in [0, 0.05) is 25.2 Å². The Morgan fingerprint density at radius 3 is 2.88 bits per heavy atom. The standard InChI is InChI=1S/C18H22N4O3.ClH/c1-2-9-22(17(23)11-15-12-19-8-10-24-15)13-16-20-18(21-25-16)14-6-4-3-5-7-14;/h2-7,15,19H,1,8-13H2;1H. The number of amides is 1. The Balaban J connectivity index is 0.00000243. The molecule has 8 heteroatoms. The molecule has 1 fully saturated rings. The number of carbonyl (C=O) groups is 1. The predicted octanol–water partition coefficient (Wildman–Crippen LogP) is 2.05. The molecule has 1 aromatic carbocycles. The zero-order chi connectivity index (χ0) is 17.5. The molecule has 1 N–H and O–H groups in total. The van der Waals surface area contributed by atoms with Gasteiger partial charge in [-0.3, -0.25) is 4.79 Å². The van der Waals surface area contributed by atoms with E-state index >= 15 is 0 Å². The summed E-state index contributed by atoms with van der Waals surface area (Å²) in [5, 5.41) is 7.22. The van der Waals surface area contributed by atoms with Crippen LogP contribution in [0.5, 0.6) is 0 Å². The van der Waals surface area contributed by atoms with Gasteiger partial charge in [0.15, 0.2) is 0 Å². The van der Waals surface area contributed by atoms with Crippen LogP contribution >= 0.6 is 12.4 Å². The van der Waals surface area contributed by atoms with Crippen LogP contribution in [0.25, 0.3) is 11.4 Å². The smallest absolute Gasteiger partial charge is 0.246 e. The number of hydrogen-bond acceptors (Lipinski definition) is 6. The SMILES string of the molecule is C=CCN(Cc1nc(-c2ccccc2)no1)C(=O)CC1CNCCO1.Cl. The Bertz CT molecular complexity index is 701. The van der Waals surface area contributed by atoms with E-state index in [1.54, 1.807) is 11.0 Å². The van der Waals surface area contributed by atoms with Crippen LogP contribution in [-0.4, -0.2) is 53.3 Å². The van der Waals surface area contributed by atoms with Crippen LogP contribution in [0.1, 0.15) is 12.3 Å². The Labute approximate surface area is 158 Å². The van der Waals surface area contributed by atoms with E-state index in [2.05, 4.69) is 22.0 Å². The molecule has 1 saturated heterocycles. The summed E-state index contributed by atoms with van der Waals surface area (Å²) < 4.78 is 10.9. The normalized spacial score (nSPS) is 16.5. The zero-order valence-corrected chi connectivity index (χ0v) is 15.3. The summed E-state index contributed by atoms with van der Waals surface area (Å²) in [7, 11) is 0. The molecule has 1 atom stereocenters. The molecule has 2 aromatic rings. The number of nitrogens with one attached hydrogen (secondary N) is 1. The molecule has 7 nitrogen and oxygen atoms in total. The van der Waals surface area contributed by atoms with Gasteiger partial charge in [0.2, 0.25) is 17.6 Å². The number of ether oxygens (including phenoxy) is 1. The van der Waals surface area contributed by atoms with Crippen LogP contribution in [0.2, 0.25) is 0 Å². The van der Waals surface area contributed by atoms with Gasteiger partial charge >= 0.3 is 0 Å². The second-order valence-electron chi connectivity index (χ2n) is 5.84. The fourth-order valence-electron chi connectivity index (χ4n) is 2.67. The van der Waals surface area contributed by atoms with E-state index in [1.807, 2.05) is 30.3 Å². The third kappa shape index (κ3) is 5.39. The number of hydrogen-bond donors (Lipinski definition) is 1. The second kappa shape index (κ2) is 10.1. The summed E-state index contributed by atoms with van der Waals surface area (Å²) >= 11 is 0. The first-order chi connectivity index (χ1) is 12.3. The van der Waals surface area contributed by atoms with Gasteiger partial charge in [0.1, 0.15) is 6.54 Å². The average Bonchev–Trinajstić information content (AvgIpc) is 3.11. The van der Waals surface area contributed by atoms with Crippen molar-refractivity contribution in [2.24, 2.45) is 0 Å². The first-order valence-corrected chi connectivity index (χ1v) is 8.35. The van der Waals surface area contributed by atoms with Crippen molar-refractivity contribution >= 4 is 18.3 Å². The van der Waals surface area contributed by atoms with Crippen LogP contribution in [0.3, 0.4) is 0 Å². The summed E-state index contributed by atoms with van der Waals surface area (Å²) in [6, 6.07) is 9.58. The minimum atomic E-state index is -0.101. The lowest BCUT2D eigenvalue weighted by Crippen LogP contribution is -2.42. The Morgan fingerprint density at radius 2 is 2.19 bits per heavy atom. The van der Waals surface area contributed by atoms with E-state index < -0.39 is 0 Å². The van der Waals surface area contributed by atoms with Crippen molar-refractivity contribution in [1.82, 2.24) is 20.4 Å². The lowest BCUT2D eigenvalue weighted by Gasteiger charge is -2.26. The number of morpholine rings is 1. The summed E-state index contributed by atoms with van der Waals surface area (Å²) in [5.74, 6) is 0.895. The van der Waals surface area contributed by atoms with Crippen molar-refractivity contribution in [3.63, 3.8) is 0 Å². The van der Waals surface area contributed by atoms with Crippen LogP contribution in [-0.2, 0) is 16.1 Å². The van der Waals surface area contributed by atoms with Crippen molar-refractivity contribution in [3.8, 4) is 11.4 Å². The first kappa shape index (κ1) is 20.1. The molecule has 1 amide bonds. The van der Waals surface area contributed by atoms with Crippen molar-refractivity contribution < 1.29 is 14.1 Å². The van der Waals surface area contributed by atoms with Crippen molar-refractivity contribution in [1.29, 1.82) is 0 Å². The predicted molar refractivity (Wildman–Crippen MR) is 99.8 cm³/mol. The van der Waals surface area contributed by atoms with Gasteiger partial charge in [-0.25, -0.2) is 0 Å². The molecule has 3 rings (SSSR count). The molecule has 0 saturated carbocycles. The maximum absolute atomic E-state index is 12.6. The van der Waals surface area contributed by atoms with Crippen molar-refractivity contribution in [3.05, 3.63) is 48.9 Å². The maximum Gasteiger partial charge on any atom is 0.246 e. The average molecular weight is 379 g/mol. The van der Waals surface area contributed by atoms with E-state index in [1.165, 1.54) is 0 Å². The second-order valence-corrected chi connectivity index (χ2v) is 5.84. The first-order valence-electron chi connectivity index (χ1n) is 8.35. The zero-order valence-electron chi connectivity index (χ0n) is 14.5. The monoisotopic (exact) mass is 378 g/mol. The number of benzene rings is 1. The van der Waals surface area contributed by atoms with E-state index in [4.69, 9.17) is 9.26 Å². The van der Waals surface area contributed by atoms with Gasteiger partial charge in [0.05, 0.1) is 19.1 Å². The highest BCUT2D eigenvalue weighted by molar-refractivity contribution is 5.85. The molecule has 0 aliphatic carbocycles. The van der Waals surface area contributed by atoms with Crippen LogP contribution in [0.15, 0.2) is 47.5 Å². The number of nitrogens with zero attached hydrogens (tertiary/aromatic N) is 3. The van der Waals surface area contributed by atoms with E-state index in [9.17, 15) is 4.79 Å². The molecule has 2 heterocycles. The summed E-state index contributed by atoms with van der Waals surface area (Å²) in [4.78, 5) is 18.6. The Morgan fingerprint density at radius 1 is 1.38 bits per heavy atom. The lowest BCUT2D eigenvalue weighted by atomic mass is 10.2. The molecule has 140 valence electrons. The number of halogens is 1. The summed E-state index contributed by atoms with van der Waals surface area (Å²) in [5.41, 5.74) is 0.876. The Kier molecular flexibility index (Phi) is 7.77. The molecular weight excluding hydrogens is 356 g/mol. The minimum Gasteiger partial charge on any atom is -0.375 e. The van der Waals surface area contributed by atoms with E-state index in [-0.39, 0.29) is 31.0 Å². The van der Waals surface area contributed by atoms with Crippen molar-refractivity contribution in [2.45, 2.75) is 19.1 Å². The van der Waals surface area contributed by atoms with Gasteiger partial charge in [-0.1, -0.05) is 41.6 Å². The highest BCUT2D eigenvalue weighted by Crippen LogP contribution is 2.16. The van der Waals surface area contributed by atoms with E-state index in [0.717, 1.165) is 12.1 Å².